The van der Waals surface area contributed by atoms with Crippen LogP contribution in [0.2, 0.25) is 0 Å². The number of rotatable bonds is 2. The third kappa shape index (κ3) is 2.31. The van der Waals surface area contributed by atoms with E-state index in [1.807, 2.05) is 13.0 Å². The first-order valence-corrected chi connectivity index (χ1v) is 9.40. The van der Waals surface area contributed by atoms with Crippen molar-refractivity contribution >= 4 is 11.9 Å². The second-order valence-corrected chi connectivity index (χ2v) is 8.62. The van der Waals surface area contributed by atoms with E-state index in [1.165, 1.54) is 0 Å². The van der Waals surface area contributed by atoms with Gasteiger partial charge in [-0.25, -0.2) is 14.6 Å². The summed E-state index contributed by atoms with van der Waals surface area (Å²) in [7, 11) is 0. The van der Waals surface area contributed by atoms with Gasteiger partial charge in [-0.15, -0.1) is 0 Å². The molecule has 2 bridgehead atoms. The highest BCUT2D eigenvalue weighted by atomic mass is 17.2. The molecule has 1 saturated carbocycles. The zero-order chi connectivity index (χ0) is 19.8. The maximum absolute atomic E-state index is 12.4. The van der Waals surface area contributed by atoms with Gasteiger partial charge in [-0.1, -0.05) is 19.1 Å². The zero-order valence-electron chi connectivity index (χ0n) is 16.2. The zero-order valence-corrected chi connectivity index (χ0v) is 16.2. The molecule has 4 aliphatic rings. The van der Waals surface area contributed by atoms with Gasteiger partial charge < -0.3 is 14.6 Å². The van der Waals surface area contributed by atoms with Gasteiger partial charge in [0, 0.05) is 17.9 Å². The third-order valence-corrected chi connectivity index (χ3v) is 6.89. The quantitative estimate of drug-likeness (QED) is 0.339. The van der Waals surface area contributed by atoms with Gasteiger partial charge in [0.15, 0.2) is 5.60 Å². The van der Waals surface area contributed by atoms with Crippen LogP contribution in [0, 0.1) is 17.8 Å². The average Bonchev–Trinajstić information content (AvgIpc) is 3.16. The van der Waals surface area contributed by atoms with E-state index in [-0.39, 0.29) is 12.4 Å². The molecule has 0 spiro atoms. The summed E-state index contributed by atoms with van der Waals surface area (Å²) in [6.07, 6.45) is 4.17. The van der Waals surface area contributed by atoms with Crippen molar-refractivity contribution in [2.75, 3.05) is 0 Å². The molecular formula is C20H26O7. The number of aliphatic hydroxyl groups is 1. The van der Waals surface area contributed by atoms with Crippen molar-refractivity contribution in [2.45, 2.75) is 70.1 Å². The number of hydrogen-bond acceptors (Lipinski definition) is 7. The molecule has 2 aliphatic heterocycles. The topological polar surface area (TPSA) is 91.3 Å². The molecule has 2 saturated heterocycles. The smallest absolute Gasteiger partial charge is 0.333 e. The Hall–Kier alpha value is -1.70. The molecule has 2 heterocycles. The number of allylic oxidation sites excluding steroid dienone is 1. The minimum Gasteiger partial charge on any atom is -0.461 e. The summed E-state index contributed by atoms with van der Waals surface area (Å²) in [5.41, 5.74) is -2.89. The average molecular weight is 378 g/mol. The predicted molar refractivity (Wildman–Crippen MR) is 93.0 cm³/mol. The van der Waals surface area contributed by atoms with Gasteiger partial charge in [0.1, 0.15) is 23.4 Å². The molecule has 7 nitrogen and oxygen atoms in total. The molecule has 1 N–H and O–H groups in total. The fourth-order valence-corrected chi connectivity index (χ4v) is 5.16. The first-order valence-electron chi connectivity index (χ1n) is 9.40. The Kier molecular flexibility index (Phi) is 3.91. The highest BCUT2D eigenvalue weighted by Crippen LogP contribution is 2.62. The van der Waals surface area contributed by atoms with Crippen LogP contribution in [-0.2, 0) is 28.8 Å². The van der Waals surface area contributed by atoms with Gasteiger partial charge in [-0.2, -0.15) is 0 Å². The number of carbonyl (C=O) groups excluding carboxylic acids is 2. The highest BCUT2D eigenvalue weighted by molar-refractivity contribution is 5.87. The predicted octanol–water partition coefficient (Wildman–Crippen LogP) is 1.84. The normalized spacial score (nSPS) is 50.8. The van der Waals surface area contributed by atoms with Crippen molar-refractivity contribution in [3.8, 4) is 0 Å². The number of ether oxygens (including phenoxy) is 2. The summed E-state index contributed by atoms with van der Waals surface area (Å²) in [5, 5.41) is 11.4. The summed E-state index contributed by atoms with van der Waals surface area (Å²) < 4.78 is 11.5. The Morgan fingerprint density at radius 1 is 1.33 bits per heavy atom. The van der Waals surface area contributed by atoms with E-state index in [4.69, 9.17) is 19.2 Å². The monoisotopic (exact) mass is 378 g/mol. The standard InChI is InChI=1S/C20H26O7/c1-6-10(2)16(21)24-12-9-19(5,23)20-8-7-18(4,26-27-20)15(20)14-13(12)11(3)17(22)25-14/h6-8,11-15,23H,9H2,1-5H3/b10-6+/t11-,12-,13+,14-,15-,18+,19-,20-/m0/s1. The molecule has 0 aromatic heterocycles. The molecule has 0 amide bonds. The summed E-state index contributed by atoms with van der Waals surface area (Å²) >= 11 is 0. The van der Waals surface area contributed by atoms with Crippen LogP contribution in [0.1, 0.15) is 41.0 Å². The van der Waals surface area contributed by atoms with Gasteiger partial charge in [0.2, 0.25) is 0 Å². The SMILES string of the molecule is C/C=C(\C)C(=O)O[C@H]1C[C@](C)(O)[C@@]23C=C[C@@](C)(OO2)[C@@H]3[C@H]2OC(=O)[C@@H](C)[C@@H]21. The Labute approximate surface area is 158 Å². The van der Waals surface area contributed by atoms with Gasteiger partial charge in [0.05, 0.1) is 11.8 Å². The Morgan fingerprint density at radius 2 is 2.04 bits per heavy atom. The van der Waals surface area contributed by atoms with E-state index in [0.717, 1.165) is 0 Å². The summed E-state index contributed by atoms with van der Waals surface area (Å²) in [5.74, 6) is -2.08. The maximum Gasteiger partial charge on any atom is 0.333 e. The lowest BCUT2D eigenvalue weighted by molar-refractivity contribution is -0.361. The summed E-state index contributed by atoms with van der Waals surface area (Å²) in [4.78, 5) is 36.1. The molecular weight excluding hydrogens is 352 g/mol. The van der Waals surface area contributed by atoms with Crippen molar-refractivity contribution in [2.24, 2.45) is 17.8 Å². The Balaban J connectivity index is 1.79. The molecule has 8 atom stereocenters. The van der Waals surface area contributed by atoms with E-state index in [1.54, 1.807) is 39.8 Å². The number of carbonyl (C=O) groups is 2. The van der Waals surface area contributed by atoms with Crippen molar-refractivity contribution in [1.29, 1.82) is 0 Å². The first-order chi connectivity index (χ1) is 12.6. The van der Waals surface area contributed by atoms with Crippen LogP contribution in [-0.4, -0.2) is 46.1 Å². The number of hydrogen-bond donors (Lipinski definition) is 1. The molecule has 27 heavy (non-hydrogen) atoms. The van der Waals surface area contributed by atoms with Crippen molar-refractivity contribution < 1.29 is 33.9 Å². The fourth-order valence-electron chi connectivity index (χ4n) is 5.16. The molecule has 0 aromatic rings. The highest BCUT2D eigenvalue weighted by Gasteiger charge is 2.75. The van der Waals surface area contributed by atoms with E-state index in [0.29, 0.717) is 5.57 Å². The lowest BCUT2D eigenvalue weighted by Gasteiger charge is -2.40. The van der Waals surface area contributed by atoms with Crippen LogP contribution in [0.5, 0.6) is 0 Å². The van der Waals surface area contributed by atoms with E-state index < -0.39 is 52.7 Å². The molecule has 0 radical (unpaired) electrons. The Morgan fingerprint density at radius 3 is 2.63 bits per heavy atom. The fraction of sp³-hybridized carbons (Fsp3) is 0.700. The minimum absolute atomic E-state index is 0.109. The van der Waals surface area contributed by atoms with Gasteiger partial charge in [-0.05, 0) is 33.8 Å². The second-order valence-electron chi connectivity index (χ2n) is 8.62. The third-order valence-electron chi connectivity index (χ3n) is 6.89. The molecule has 148 valence electrons. The van der Waals surface area contributed by atoms with E-state index >= 15 is 0 Å². The van der Waals surface area contributed by atoms with Crippen LogP contribution in [0.3, 0.4) is 0 Å². The first kappa shape index (κ1) is 18.7. The lowest BCUT2D eigenvalue weighted by Crippen LogP contribution is -2.56. The summed E-state index contributed by atoms with van der Waals surface area (Å²) in [6.45, 7) is 8.71. The molecule has 3 fully saturated rings. The van der Waals surface area contributed by atoms with E-state index in [9.17, 15) is 14.7 Å². The number of esters is 2. The van der Waals surface area contributed by atoms with Crippen LogP contribution in [0.4, 0.5) is 0 Å². The molecule has 0 aromatic carbocycles. The van der Waals surface area contributed by atoms with Crippen LogP contribution >= 0.6 is 0 Å². The molecule has 2 aliphatic carbocycles. The molecule has 0 unspecified atom stereocenters. The van der Waals surface area contributed by atoms with Crippen molar-refractivity contribution in [3.63, 3.8) is 0 Å². The minimum atomic E-state index is -1.38. The van der Waals surface area contributed by atoms with Crippen molar-refractivity contribution in [3.05, 3.63) is 23.8 Å². The lowest BCUT2D eigenvalue weighted by atomic mass is 9.70. The largest absolute Gasteiger partial charge is 0.461 e. The van der Waals surface area contributed by atoms with Crippen LogP contribution in [0.25, 0.3) is 0 Å². The second kappa shape index (κ2) is 5.65. The van der Waals surface area contributed by atoms with E-state index in [2.05, 4.69) is 0 Å². The summed E-state index contributed by atoms with van der Waals surface area (Å²) in [6, 6.07) is 0. The van der Waals surface area contributed by atoms with Gasteiger partial charge in [0.25, 0.3) is 0 Å². The maximum atomic E-state index is 12.4. The van der Waals surface area contributed by atoms with Crippen molar-refractivity contribution in [1.82, 2.24) is 0 Å². The number of fused-ring (bicyclic) bond motifs is 1. The Bertz CT molecular complexity index is 753. The molecule has 7 heteroatoms. The van der Waals surface area contributed by atoms with Crippen LogP contribution < -0.4 is 0 Å². The van der Waals surface area contributed by atoms with Gasteiger partial charge in [-0.3, -0.25) is 4.79 Å². The van der Waals surface area contributed by atoms with Crippen LogP contribution in [0.15, 0.2) is 23.8 Å². The van der Waals surface area contributed by atoms with Gasteiger partial charge >= 0.3 is 11.9 Å². The molecule has 4 rings (SSSR count).